The first kappa shape index (κ1) is 15.8. The van der Waals surface area contributed by atoms with Gasteiger partial charge in [0, 0.05) is 43.0 Å². The van der Waals surface area contributed by atoms with Gasteiger partial charge < -0.3 is 20.2 Å². The third-order valence-corrected chi connectivity index (χ3v) is 4.83. The Kier molecular flexibility index (Phi) is 4.00. The van der Waals surface area contributed by atoms with Gasteiger partial charge in [0.05, 0.1) is 12.3 Å². The van der Waals surface area contributed by atoms with E-state index >= 15 is 0 Å². The molecule has 2 fully saturated rings. The highest BCUT2D eigenvalue weighted by atomic mass is 16.3. The van der Waals surface area contributed by atoms with Crippen LogP contribution in [-0.4, -0.2) is 61.8 Å². The molecule has 2 saturated heterocycles. The monoisotopic (exact) mass is 343 g/mol. The summed E-state index contributed by atoms with van der Waals surface area (Å²) in [6.45, 7) is 3.19. The Balaban J connectivity index is 1.59. The van der Waals surface area contributed by atoms with E-state index in [0.717, 1.165) is 24.9 Å². The fourth-order valence-electron chi connectivity index (χ4n) is 3.65. The van der Waals surface area contributed by atoms with Gasteiger partial charge in [-0.2, -0.15) is 10.1 Å². The van der Waals surface area contributed by atoms with Gasteiger partial charge >= 0.3 is 0 Å². The summed E-state index contributed by atoms with van der Waals surface area (Å²) < 4.78 is 0. The molecule has 9 heteroatoms. The molecule has 0 aliphatic carbocycles. The molecule has 2 aliphatic heterocycles. The molecule has 9 nitrogen and oxygen atoms in total. The number of H-pyrrole nitrogens is 1. The maximum atomic E-state index is 11.2. The molecule has 2 aliphatic rings. The number of hydrogen-bond acceptors (Lipinski definition) is 7. The van der Waals surface area contributed by atoms with E-state index < -0.39 is 0 Å². The van der Waals surface area contributed by atoms with E-state index in [4.69, 9.17) is 0 Å². The zero-order valence-electron chi connectivity index (χ0n) is 14.0. The molecule has 0 aromatic carbocycles. The number of anilines is 3. The van der Waals surface area contributed by atoms with Crippen LogP contribution in [0.2, 0.25) is 0 Å². The summed E-state index contributed by atoms with van der Waals surface area (Å²) in [6, 6.07) is 4.01. The number of piperazine rings is 1. The van der Waals surface area contributed by atoms with E-state index in [9.17, 15) is 9.90 Å². The van der Waals surface area contributed by atoms with Crippen LogP contribution in [0.5, 0.6) is 0 Å². The Hall–Kier alpha value is -2.68. The van der Waals surface area contributed by atoms with Crippen molar-refractivity contribution >= 4 is 24.0 Å². The van der Waals surface area contributed by atoms with Crippen molar-refractivity contribution in [2.45, 2.75) is 38.5 Å². The minimum atomic E-state index is -0.162. The predicted octanol–water partition coefficient (Wildman–Crippen LogP) is 0.553. The molecule has 2 unspecified atom stereocenters. The molecule has 0 spiro atoms. The second-order valence-electron chi connectivity index (χ2n) is 6.61. The van der Waals surface area contributed by atoms with Gasteiger partial charge in [-0.15, -0.1) is 0 Å². The summed E-state index contributed by atoms with van der Waals surface area (Å²) in [5, 5.41) is 19.7. The van der Waals surface area contributed by atoms with E-state index in [1.165, 1.54) is 0 Å². The van der Waals surface area contributed by atoms with Crippen LogP contribution in [0.4, 0.5) is 17.6 Å². The van der Waals surface area contributed by atoms with Crippen molar-refractivity contribution in [2.24, 2.45) is 0 Å². The van der Waals surface area contributed by atoms with Crippen LogP contribution in [0.3, 0.4) is 0 Å². The molecule has 1 amide bonds. The number of carbonyl (C=O) groups excluding carboxylic acids is 1. The summed E-state index contributed by atoms with van der Waals surface area (Å²) in [4.78, 5) is 24.3. The van der Waals surface area contributed by atoms with E-state index in [-0.39, 0.29) is 18.7 Å². The lowest BCUT2D eigenvalue weighted by atomic mass is 10.2. The van der Waals surface area contributed by atoms with Gasteiger partial charge in [-0.1, -0.05) is 0 Å². The number of aryl methyl sites for hydroxylation is 1. The average molecular weight is 343 g/mol. The first-order chi connectivity index (χ1) is 12.2. The third kappa shape index (κ3) is 3.02. The molecule has 0 saturated carbocycles. The first-order valence-electron chi connectivity index (χ1n) is 8.42. The lowest BCUT2D eigenvalue weighted by Gasteiger charge is -2.39. The third-order valence-electron chi connectivity index (χ3n) is 4.83. The first-order valence-corrected chi connectivity index (χ1v) is 8.42. The molecular formula is C16H21N7O2. The minimum Gasteiger partial charge on any atom is -0.390 e. The fraction of sp³-hybridized carbons (Fsp3) is 0.500. The van der Waals surface area contributed by atoms with Crippen molar-refractivity contribution in [3.63, 3.8) is 0 Å². The zero-order chi connectivity index (χ0) is 17.4. The van der Waals surface area contributed by atoms with E-state index in [2.05, 4.69) is 30.4 Å². The molecule has 4 rings (SSSR count). The van der Waals surface area contributed by atoms with Gasteiger partial charge in [0.1, 0.15) is 5.82 Å². The summed E-state index contributed by atoms with van der Waals surface area (Å²) >= 11 is 0. The number of aromatic amines is 1. The SMILES string of the molecule is Cc1cc(Nc2cc(CO)nc(N3CC4CCC(C3)N4C=O)n2)n[nH]1. The van der Waals surface area contributed by atoms with Gasteiger partial charge in [-0.25, -0.2) is 4.98 Å². The van der Waals surface area contributed by atoms with Crippen LogP contribution in [0, 0.1) is 6.92 Å². The van der Waals surface area contributed by atoms with Crippen LogP contribution in [0.25, 0.3) is 0 Å². The number of nitrogens with one attached hydrogen (secondary N) is 2. The summed E-state index contributed by atoms with van der Waals surface area (Å²) in [5.74, 6) is 1.83. The molecule has 132 valence electrons. The number of fused-ring (bicyclic) bond motifs is 2. The molecule has 4 heterocycles. The van der Waals surface area contributed by atoms with E-state index in [0.29, 0.717) is 36.4 Å². The molecule has 25 heavy (non-hydrogen) atoms. The van der Waals surface area contributed by atoms with Crippen molar-refractivity contribution in [3.05, 3.63) is 23.5 Å². The van der Waals surface area contributed by atoms with E-state index in [1.54, 1.807) is 6.07 Å². The van der Waals surface area contributed by atoms with Crippen LogP contribution in [-0.2, 0) is 11.4 Å². The van der Waals surface area contributed by atoms with Crippen molar-refractivity contribution in [1.29, 1.82) is 0 Å². The number of aliphatic hydroxyl groups is 1. The Morgan fingerprint density at radius 2 is 2.04 bits per heavy atom. The smallest absolute Gasteiger partial charge is 0.227 e. The van der Waals surface area contributed by atoms with Crippen molar-refractivity contribution < 1.29 is 9.90 Å². The molecule has 2 aromatic rings. The Morgan fingerprint density at radius 1 is 1.28 bits per heavy atom. The van der Waals surface area contributed by atoms with Gasteiger partial charge in [-0.3, -0.25) is 9.89 Å². The Bertz CT molecular complexity index is 764. The second kappa shape index (κ2) is 6.32. The van der Waals surface area contributed by atoms with Crippen LogP contribution < -0.4 is 10.2 Å². The van der Waals surface area contributed by atoms with Gasteiger partial charge in [-0.05, 0) is 19.8 Å². The number of carbonyl (C=O) groups is 1. The van der Waals surface area contributed by atoms with Crippen molar-refractivity contribution in [1.82, 2.24) is 25.1 Å². The molecule has 3 N–H and O–H groups in total. The average Bonchev–Trinajstić information content (AvgIpc) is 3.13. The Morgan fingerprint density at radius 3 is 2.64 bits per heavy atom. The van der Waals surface area contributed by atoms with Crippen LogP contribution >= 0.6 is 0 Å². The fourth-order valence-corrected chi connectivity index (χ4v) is 3.65. The number of rotatable bonds is 5. The van der Waals surface area contributed by atoms with Crippen LogP contribution in [0.15, 0.2) is 12.1 Å². The standard InChI is InChI=1S/C16H21N7O2/c1-10-4-15(21-20-10)18-14-5-11(8-24)17-16(19-14)22-6-12-2-3-13(7-22)23(12)9-25/h4-5,9,12-13,24H,2-3,6-8H2,1H3,(H2,17,18,19,20,21). The molecule has 2 bridgehead atoms. The highest BCUT2D eigenvalue weighted by molar-refractivity contribution is 5.55. The number of amides is 1. The number of hydrogen-bond donors (Lipinski definition) is 3. The quantitative estimate of drug-likeness (QED) is 0.680. The van der Waals surface area contributed by atoms with Gasteiger partial charge in [0.15, 0.2) is 5.82 Å². The number of aliphatic hydroxyl groups excluding tert-OH is 1. The molecule has 2 atom stereocenters. The topological polar surface area (TPSA) is 110 Å². The van der Waals surface area contributed by atoms with Crippen LogP contribution in [0.1, 0.15) is 24.2 Å². The largest absolute Gasteiger partial charge is 0.390 e. The maximum absolute atomic E-state index is 11.2. The van der Waals surface area contributed by atoms with E-state index in [1.807, 2.05) is 17.9 Å². The lowest BCUT2D eigenvalue weighted by molar-refractivity contribution is -0.121. The summed E-state index contributed by atoms with van der Waals surface area (Å²) in [7, 11) is 0. The molecular weight excluding hydrogens is 322 g/mol. The second-order valence-corrected chi connectivity index (χ2v) is 6.61. The number of aromatic nitrogens is 4. The predicted molar refractivity (Wildman–Crippen MR) is 91.5 cm³/mol. The highest BCUT2D eigenvalue weighted by Crippen LogP contribution is 2.31. The van der Waals surface area contributed by atoms with Crippen molar-refractivity contribution in [3.8, 4) is 0 Å². The zero-order valence-corrected chi connectivity index (χ0v) is 14.0. The molecule has 0 radical (unpaired) electrons. The summed E-state index contributed by atoms with van der Waals surface area (Å²) in [5.41, 5.74) is 1.49. The molecule has 2 aromatic heterocycles. The number of nitrogens with zero attached hydrogens (tertiary/aromatic N) is 5. The minimum absolute atomic E-state index is 0.162. The Labute approximate surface area is 145 Å². The highest BCUT2D eigenvalue weighted by Gasteiger charge is 2.39. The lowest BCUT2D eigenvalue weighted by Crippen LogP contribution is -2.53. The summed E-state index contributed by atoms with van der Waals surface area (Å²) in [6.07, 6.45) is 2.98. The van der Waals surface area contributed by atoms with Crippen molar-refractivity contribution in [2.75, 3.05) is 23.3 Å². The van der Waals surface area contributed by atoms with Gasteiger partial charge in [0.25, 0.3) is 0 Å². The maximum Gasteiger partial charge on any atom is 0.227 e. The normalized spacial score (nSPS) is 22.3. The van der Waals surface area contributed by atoms with Gasteiger partial charge in [0.2, 0.25) is 12.4 Å².